The van der Waals surface area contributed by atoms with Gasteiger partial charge in [0.2, 0.25) is 5.91 Å². The van der Waals surface area contributed by atoms with Crippen LogP contribution < -0.4 is 10.6 Å². The van der Waals surface area contributed by atoms with Gasteiger partial charge >= 0.3 is 6.03 Å². The van der Waals surface area contributed by atoms with Crippen LogP contribution in [0.1, 0.15) is 12.5 Å². The van der Waals surface area contributed by atoms with E-state index in [9.17, 15) is 9.59 Å². The average molecular weight is 331 g/mol. The summed E-state index contributed by atoms with van der Waals surface area (Å²) < 4.78 is 0.545. The van der Waals surface area contributed by atoms with Crippen molar-refractivity contribution in [2.24, 2.45) is 0 Å². The molecule has 0 spiro atoms. The summed E-state index contributed by atoms with van der Waals surface area (Å²) in [4.78, 5) is 22.6. The van der Waals surface area contributed by atoms with Crippen LogP contribution in [0.4, 0.5) is 10.5 Å². The molecule has 3 amide bonds. The number of hydrogen-bond acceptors (Lipinski definition) is 3. The maximum Gasteiger partial charge on any atom is 0.325 e. The van der Waals surface area contributed by atoms with Crippen molar-refractivity contribution < 1.29 is 9.59 Å². The lowest BCUT2D eigenvalue weighted by Gasteiger charge is -2.09. The minimum atomic E-state index is -0.792. The molecule has 0 radical (unpaired) electrons. The van der Waals surface area contributed by atoms with Gasteiger partial charge in [0.1, 0.15) is 5.38 Å². The van der Waals surface area contributed by atoms with Gasteiger partial charge in [-0.25, -0.2) is 4.79 Å². The van der Waals surface area contributed by atoms with Gasteiger partial charge in [-0.3, -0.25) is 10.1 Å². The summed E-state index contributed by atoms with van der Waals surface area (Å²) in [6, 6.07) is 5.94. The molecule has 0 saturated carbocycles. The summed E-state index contributed by atoms with van der Waals surface area (Å²) in [6.07, 6.45) is 0. The normalized spacial score (nSPS) is 11.2. The number of hydrogen-bond donors (Lipinski definition) is 2. The molecule has 0 aliphatic carbocycles. The second-order valence-electron chi connectivity index (χ2n) is 3.37. The molecule has 1 aromatic rings. The van der Waals surface area contributed by atoms with Crippen LogP contribution in [-0.4, -0.2) is 17.3 Å². The molecule has 1 rings (SSSR count). The van der Waals surface area contributed by atoms with Crippen LogP contribution in [-0.2, 0) is 4.79 Å². The maximum absolute atomic E-state index is 11.4. The number of carbonyl (C=O) groups is 2. The van der Waals surface area contributed by atoms with E-state index in [0.29, 0.717) is 15.7 Å². The standard InChI is InChI=1S/C11H9BrClN3O2/c1-6(13)10(17)16-11(18)15-9-3-2-7(5-14)4-8(9)12/h2-4,6H,1H3,(H2,15,16,17,18). The Morgan fingerprint density at radius 2 is 2.17 bits per heavy atom. The van der Waals surface area contributed by atoms with E-state index in [1.807, 2.05) is 6.07 Å². The molecule has 5 nitrogen and oxygen atoms in total. The molecule has 18 heavy (non-hydrogen) atoms. The molecule has 0 aliphatic heterocycles. The average Bonchev–Trinajstić information content (AvgIpc) is 2.31. The van der Waals surface area contributed by atoms with Gasteiger partial charge in [0.05, 0.1) is 17.3 Å². The fourth-order valence-corrected chi connectivity index (χ4v) is 1.58. The Labute approximate surface area is 117 Å². The number of halogens is 2. The lowest BCUT2D eigenvalue weighted by molar-refractivity contribution is -0.119. The lowest BCUT2D eigenvalue weighted by Crippen LogP contribution is -2.38. The van der Waals surface area contributed by atoms with Gasteiger partial charge in [0.15, 0.2) is 0 Å². The Balaban J connectivity index is 2.71. The third-order valence-corrected chi connectivity index (χ3v) is 2.80. The number of amides is 3. The highest BCUT2D eigenvalue weighted by Crippen LogP contribution is 2.23. The quantitative estimate of drug-likeness (QED) is 0.818. The zero-order valence-corrected chi connectivity index (χ0v) is 11.7. The highest BCUT2D eigenvalue weighted by atomic mass is 79.9. The van der Waals surface area contributed by atoms with E-state index < -0.39 is 17.3 Å². The van der Waals surface area contributed by atoms with Crippen LogP contribution in [0.25, 0.3) is 0 Å². The van der Waals surface area contributed by atoms with E-state index in [4.69, 9.17) is 16.9 Å². The van der Waals surface area contributed by atoms with Gasteiger partial charge in [0, 0.05) is 4.47 Å². The van der Waals surface area contributed by atoms with Gasteiger partial charge in [0.25, 0.3) is 0 Å². The molecule has 94 valence electrons. The Hall–Kier alpha value is -1.58. The van der Waals surface area contributed by atoms with Crippen molar-refractivity contribution in [2.45, 2.75) is 12.3 Å². The molecule has 2 N–H and O–H groups in total. The molecule has 0 aliphatic rings. The zero-order valence-electron chi connectivity index (χ0n) is 9.33. The van der Waals surface area contributed by atoms with Crippen molar-refractivity contribution in [1.82, 2.24) is 5.32 Å². The van der Waals surface area contributed by atoms with E-state index in [-0.39, 0.29) is 0 Å². The number of anilines is 1. The molecule has 1 unspecified atom stereocenters. The predicted molar refractivity (Wildman–Crippen MR) is 71.3 cm³/mol. The molecule has 0 heterocycles. The van der Waals surface area contributed by atoms with E-state index in [2.05, 4.69) is 26.6 Å². The van der Waals surface area contributed by atoms with Crippen LogP contribution in [0.3, 0.4) is 0 Å². The van der Waals surface area contributed by atoms with Crippen LogP contribution >= 0.6 is 27.5 Å². The summed E-state index contributed by atoms with van der Waals surface area (Å²) in [5.74, 6) is -0.584. The van der Waals surface area contributed by atoms with Crippen molar-refractivity contribution in [2.75, 3.05) is 5.32 Å². The summed E-state index contributed by atoms with van der Waals surface area (Å²) in [5.41, 5.74) is 0.903. The van der Waals surface area contributed by atoms with Crippen LogP contribution in [0.2, 0.25) is 0 Å². The first-order chi connectivity index (χ1) is 8.43. The fourth-order valence-electron chi connectivity index (χ4n) is 1.05. The largest absolute Gasteiger partial charge is 0.325 e. The van der Waals surface area contributed by atoms with Gasteiger partial charge in [-0.1, -0.05) is 0 Å². The number of alkyl halides is 1. The number of nitrogens with one attached hydrogen (secondary N) is 2. The fraction of sp³-hybridized carbons (Fsp3) is 0.182. The second kappa shape index (κ2) is 6.38. The molecular weight excluding hydrogens is 321 g/mol. The summed E-state index contributed by atoms with van der Waals surface area (Å²) in [6.45, 7) is 1.46. The van der Waals surface area contributed by atoms with Crippen molar-refractivity contribution in [3.8, 4) is 6.07 Å². The highest BCUT2D eigenvalue weighted by Gasteiger charge is 2.13. The Bertz CT molecular complexity index is 526. The van der Waals surface area contributed by atoms with E-state index in [0.717, 1.165) is 0 Å². The van der Waals surface area contributed by atoms with Gasteiger partial charge in [-0.2, -0.15) is 5.26 Å². The summed E-state index contributed by atoms with van der Waals surface area (Å²) >= 11 is 8.72. The van der Waals surface area contributed by atoms with Crippen molar-refractivity contribution in [3.63, 3.8) is 0 Å². The summed E-state index contributed by atoms with van der Waals surface area (Å²) in [7, 11) is 0. The third-order valence-electron chi connectivity index (χ3n) is 1.94. The topological polar surface area (TPSA) is 82.0 Å². The minimum absolute atomic E-state index is 0.446. The Morgan fingerprint density at radius 1 is 1.50 bits per heavy atom. The molecule has 0 fully saturated rings. The number of benzene rings is 1. The molecular formula is C11H9BrClN3O2. The van der Waals surface area contributed by atoms with Gasteiger partial charge < -0.3 is 5.32 Å². The number of nitriles is 1. The van der Waals surface area contributed by atoms with Crippen molar-refractivity contribution >= 4 is 45.2 Å². The van der Waals surface area contributed by atoms with E-state index in [1.165, 1.54) is 6.92 Å². The van der Waals surface area contributed by atoms with Crippen LogP contribution in [0.5, 0.6) is 0 Å². The molecule has 1 atom stereocenters. The molecule has 0 bridgehead atoms. The molecule has 7 heteroatoms. The Kier molecular flexibility index (Phi) is 5.13. The molecule has 0 aromatic heterocycles. The number of rotatable bonds is 2. The summed E-state index contributed by atoms with van der Waals surface area (Å²) in [5, 5.41) is 12.4. The Morgan fingerprint density at radius 3 is 2.67 bits per heavy atom. The third kappa shape index (κ3) is 4.02. The van der Waals surface area contributed by atoms with E-state index >= 15 is 0 Å². The van der Waals surface area contributed by atoms with Crippen molar-refractivity contribution in [1.29, 1.82) is 5.26 Å². The van der Waals surface area contributed by atoms with Crippen molar-refractivity contribution in [3.05, 3.63) is 28.2 Å². The highest BCUT2D eigenvalue weighted by molar-refractivity contribution is 9.10. The molecule has 0 saturated heterocycles. The van der Waals surface area contributed by atoms with Crippen LogP contribution in [0, 0.1) is 11.3 Å². The first kappa shape index (κ1) is 14.5. The zero-order chi connectivity index (χ0) is 13.7. The van der Waals surface area contributed by atoms with Gasteiger partial charge in [-0.15, -0.1) is 11.6 Å². The lowest BCUT2D eigenvalue weighted by atomic mass is 10.2. The number of imide groups is 1. The predicted octanol–water partition coefficient (Wildman–Crippen LogP) is 2.60. The first-order valence-electron chi connectivity index (χ1n) is 4.89. The maximum atomic E-state index is 11.4. The first-order valence-corrected chi connectivity index (χ1v) is 6.12. The van der Waals surface area contributed by atoms with E-state index in [1.54, 1.807) is 18.2 Å². The second-order valence-corrected chi connectivity index (χ2v) is 4.87. The van der Waals surface area contributed by atoms with Crippen LogP contribution in [0.15, 0.2) is 22.7 Å². The SMILES string of the molecule is CC(Cl)C(=O)NC(=O)Nc1ccc(C#N)cc1Br. The smallest absolute Gasteiger partial charge is 0.307 e. The number of carbonyl (C=O) groups excluding carboxylic acids is 2. The van der Waals surface area contributed by atoms with Gasteiger partial charge in [-0.05, 0) is 41.1 Å². The molecule has 1 aromatic carbocycles. The minimum Gasteiger partial charge on any atom is -0.307 e. The number of nitrogens with zero attached hydrogens (tertiary/aromatic N) is 1. The number of urea groups is 1. The monoisotopic (exact) mass is 329 g/mol.